The Morgan fingerprint density at radius 2 is 1.78 bits per heavy atom. The molecule has 67 heavy (non-hydrogen) atoms. The fourth-order valence-corrected chi connectivity index (χ4v) is 12.3. The van der Waals surface area contributed by atoms with Gasteiger partial charge in [-0.3, -0.25) is 19.8 Å². The van der Waals surface area contributed by atoms with Gasteiger partial charge in [-0.15, -0.1) is 0 Å². The number of halogens is 3. The topological polar surface area (TPSA) is 172 Å². The Balaban J connectivity index is 0.863. The number of amides is 1. The van der Waals surface area contributed by atoms with Crippen LogP contribution in [0.1, 0.15) is 112 Å². The Kier molecular flexibility index (Phi) is 11.6. The van der Waals surface area contributed by atoms with Gasteiger partial charge in [-0.2, -0.15) is 0 Å². The Morgan fingerprint density at radius 3 is 2.52 bits per heavy atom. The van der Waals surface area contributed by atoms with Crippen LogP contribution in [0.15, 0.2) is 78.0 Å². The first kappa shape index (κ1) is 44.9. The van der Waals surface area contributed by atoms with Crippen LogP contribution < -0.4 is 24.4 Å². The molecule has 2 saturated heterocycles. The van der Waals surface area contributed by atoms with Gasteiger partial charge in [-0.25, -0.2) is 31.3 Å². The average Bonchev–Trinajstić information content (AvgIpc) is 3.94. The molecule has 10 rings (SSSR count). The zero-order valence-corrected chi connectivity index (χ0v) is 38.2. The third-order valence-corrected chi connectivity index (χ3v) is 16.3. The van der Waals surface area contributed by atoms with Gasteiger partial charge < -0.3 is 24.7 Å². The second-order valence-corrected chi connectivity index (χ2v) is 21.2. The van der Waals surface area contributed by atoms with Crippen molar-refractivity contribution in [2.24, 2.45) is 11.3 Å². The number of aromatic nitrogens is 2. The Bertz CT molecular complexity index is 2830. The molecule has 1 amide bonds. The van der Waals surface area contributed by atoms with E-state index in [1.54, 1.807) is 12.1 Å². The number of ether oxygens (including phenoxy) is 2. The van der Waals surface area contributed by atoms with Crippen LogP contribution in [0.5, 0.6) is 17.2 Å². The summed E-state index contributed by atoms with van der Waals surface area (Å²) in [5.41, 5.74) is 3.34. The molecule has 2 aliphatic carbocycles. The zero-order valence-electron chi connectivity index (χ0n) is 37.4. The molecule has 0 unspecified atom stereocenters. The average molecular weight is 942 g/mol. The number of sulfonamides is 1. The summed E-state index contributed by atoms with van der Waals surface area (Å²) in [4.78, 5) is 37.0. The highest BCUT2D eigenvalue weighted by molar-refractivity contribution is 7.90. The van der Waals surface area contributed by atoms with Gasteiger partial charge in [0.05, 0.1) is 33.0 Å². The predicted molar refractivity (Wildman–Crippen MR) is 246 cm³/mol. The van der Waals surface area contributed by atoms with Crippen molar-refractivity contribution in [3.8, 4) is 17.2 Å². The summed E-state index contributed by atoms with van der Waals surface area (Å²) in [6, 6.07) is 17.6. The lowest BCUT2D eigenvalue weighted by atomic mass is 9.59. The van der Waals surface area contributed by atoms with E-state index in [1.165, 1.54) is 48.5 Å². The second kappa shape index (κ2) is 17.3. The number of pyridine rings is 1. The molecule has 14 nitrogen and oxygen atoms in total. The highest BCUT2D eigenvalue weighted by Crippen LogP contribution is 2.54. The number of likely N-dealkylation sites (tertiary alicyclic amines) is 1. The molecule has 3 aliphatic heterocycles. The lowest BCUT2D eigenvalue weighted by Crippen LogP contribution is -2.54. The SMILES string of the molecule is CC(C)c1ccccc1[C@@H]1CCCN1C1CC2(CCN(c3ccc(C(=O)NS(=O)(=O)c4cc5c(c([N+](=O)[O-])c4)N[C@@H](C4CCC(F)(F)CC4)CO5)c(Oc4cnc5[nH]cc(F)c5c4)c3)CC2)C1. The Hall–Kier alpha value is -5.88. The molecular formula is C49H54F3N7O7S. The van der Waals surface area contributed by atoms with Crippen molar-refractivity contribution >= 4 is 44.0 Å². The number of hydrogen-bond acceptors (Lipinski definition) is 11. The fraction of sp³-hybridized carbons (Fsp3) is 0.469. The number of hydrogen-bond donors (Lipinski definition) is 3. The largest absolute Gasteiger partial charge is 0.489 e. The first-order chi connectivity index (χ1) is 32.1. The molecule has 18 heteroatoms. The summed E-state index contributed by atoms with van der Waals surface area (Å²) in [6.45, 7) is 7.14. The maximum absolute atomic E-state index is 14.6. The molecule has 5 aromatic rings. The molecule has 354 valence electrons. The van der Waals surface area contributed by atoms with E-state index in [0.717, 1.165) is 63.1 Å². The number of carbonyl (C=O) groups is 1. The quantitative estimate of drug-likeness (QED) is 0.0850. The maximum Gasteiger partial charge on any atom is 0.297 e. The van der Waals surface area contributed by atoms with Crippen LogP contribution in [0.3, 0.4) is 0 Å². The van der Waals surface area contributed by atoms with Gasteiger partial charge in [0.15, 0.2) is 11.4 Å². The van der Waals surface area contributed by atoms with Gasteiger partial charge in [0.25, 0.3) is 21.6 Å². The van der Waals surface area contributed by atoms with E-state index in [2.05, 4.69) is 67.9 Å². The van der Waals surface area contributed by atoms with E-state index in [0.29, 0.717) is 18.0 Å². The molecule has 0 radical (unpaired) electrons. The normalized spacial score (nSPS) is 22.0. The first-order valence-corrected chi connectivity index (χ1v) is 24.7. The van der Waals surface area contributed by atoms with Crippen molar-refractivity contribution in [1.29, 1.82) is 0 Å². The van der Waals surface area contributed by atoms with E-state index < -0.39 is 49.2 Å². The van der Waals surface area contributed by atoms with Crippen LogP contribution in [0, 0.1) is 27.3 Å². The molecule has 0 bridgehead atoms. The van der Waals surface area contributed by atoms with Crippen molar-refractivity contribution in [3.63, 3.8) is 0 Å². The van der Waals surface area contributed by atoms with Crippen molar-refractivity contribution in [1.82, 2.24) is 19.6 Å². The zero-order chi connectivity index (χ0) is 46.8. The standard InChI is InChI=1S/C49H54F3N7O7S/c1-29(2)35-6-3-4-7-36(35)41-8-5-17-58(41)32-24-48(25-32)15-18-57(19-16-48)31-9-10-37(43(20-31)66-33-21-38-39(50)27-54-46(38)53-26-33)47(60)56-67(63,64)34-22-42(59(61)62)45-44(23-34)65-28-40(55-45)30-11-13-49(51,52)14-12-30/h3-4,6-7,9-10,20-23,26-27,29-30,32,40-41,55H,5,8,11-19,24-25,28H2,1-2H3,(H,53,54)(H,56,60)/t40-,41+/m1/s1. The third-order valence-electron chi connectivity index (χ3n) is 15.0. The summed E-state index contributed by atoms with van der Waals surface area (Å²) in [6.07, 6.45) is 8.96. The predicted octanol–water partition coefficient (Wildman–Crippen LogP) is 10.2. The molecule has 4 fully saturated rings. The maximum atomic E-state index is 14.6. The highest BCUT2D eigenvalue weighted by Gasteiger charge is 2.50. The van der Waals surface area contributed by atoms with Crippen molar-refractivity contribution in [2.75, 3.05) is 36.5 Å². The summed E-state index contributed by atoms with van der Waals surface area (Å²) in [5, 5.41) is 15.5. The van der Waals surface area contributed by atoms with E-state index in [9.17, 15) is 36.5 Å². The van der Waals surface area contributed by atoms with Gasteiger partial charge in [-0.1, -0.05) is 38.1 Å². The number of aromatic amines is 1. The number of piperidine rings is 1. The second-order valence-electron chi connectivity index (χ2n) is 19.5. The number of anilines is 2. The number of nitrogens with one attached hydrogen (secondary N) is 3. The highest BCUT2D eigenvalue weighted by atomic mass is 32.2. The number of nitrogens with zero attached hydrogens (tertiary/aromatic N) is 4. The van der Waals surface area contributed by atoms with Gasteiger partial charge in [0, 0.05) is 68.1 Å². The number of nitro benzene ring substituents is 1. The minimum Gasteiger partial charge on any atom is -0.489 e. The smallest absolute Gasteiger partial charge is 0.297 e. The number of nitro groups is 1. The van der Waals surface area contributed by atoms with Crippen LogP contribution in [-0.4, -0.2) is 78.4 Å². The number of rotatable bonds is 11. The number of H-pyrrole nitrogens is 1. The minimum absolute atomic E-state index is 0.0106. The van der Waals surface area contributed by atoms with Crippen LogP contribution in [-0.2, 0) is 10.0 Å². The molecule has 5 heterocycles. The molecule has 1 spiro atoms. The Morgan fingerprint density at radius 1 is 1.01 bits per heavy atom. The molecule has 5 aliphatic rings. The lowest BCUT2D eigenvalue weighted by Gasteiger charge is -2.56. The number of benzene rings is 3. The molecule has 3 aromatic carbocycles. The minimum atomic E-state index is -4.77. The monoisotopic (exact) mass is 941 g/mol. The summed E-state index contributed by atoms with van der Waals surface area (Å²) < 4.78 is 84.3. The molecule has 2 aromatic heterocycles. The van der Waals surface area contributed by atoms with Crippen molar-refractivity contribution < 1.29 is 40.8 Å². The van der Waals surface area contributed by atoms with E-state index in [-0.39, 0.29) is 83.2 Å². The van der Waals surface area contributed by atoms with Crippen molar-refractivity contribution in [2.45, 2.75) is 113 Å². The van der Waals surface area contributed by atoms with Gasteiger partial charge in [0.2, 0.25) is 5.92 Å². The molecule has 2 saturated carbocycles. The molecule has 3 N–H and O–H groups in total. The molecule has 2 atom stereocenters. The number of carbonyl (C=O) groups excluding carboxylic acids is 1. The number of alkyl halides is 2. The first-order valence-electron chi connectivity index (χ1n) is 23.3. The van der Waals surface area contributed by atoms with E-state index in [4.69, 9.17) is 9.47 Å². The number of fused-ring (bicyclic) bond motifs is 2. The summed E-state index contributed by atoms with van der Waals surface area (Å²) in [5.74, 6) is -4.19. The van der Waals surface area contributed by atoms with Gasteiger partial charge in [0.1, 0.15) is 29.6 Å². The van der Waals surface area contributed by atoms with E-state index >= 15 is 0 Å². The Labute approximate surface area is 386 Å². The van der Waals surface area contributed by atoms with Crippen LogP contribution in [0.4, 0.5) is 30.2 Å². The van der Waals surface area contributed by atoms with E-state index in [1.807, 2.05) is 0 Å². The summed E-state index contributed by atoms with van der Waals surface area (Å²) >= 11 is 0. The summed E-state index contributed by atoms with van der Waals surface area (Å²) in [7, 11) is -4.77. The van der Waals surface area contributed by atoms with Crippen LogP contribution in [0.2, 0.25) is 0 Å². The van der Waals surface area contributed by atoms with Crippen LogP contribution in [0.25, 0.3) is 11.0 Å². The van der Waals surface area contributed by atoms with Gasteiger partial charge in [-0.05, 0) is 104 Å². The fourth-order valence-electron chi connectivity index (χ4n) is 11.3. The van der Waals surface area contributed by atoms with Gasteiger partial charge >= 0.3 is 0 Å². The third kappa shape index (κ3) is 8.78. The lowest BCUT2D eigenvalue weighted by molar-refractivity contribution is -0.384. The van der Waals surface area contributed by atoms with Crippen molar-refractivity contribution in [3.05, 3.63) is 106 Å². The van der Waals surface area contributed by atoms with Crippen LogP contribution >= 0.6 is 0 Å². The molecular weight excluding hydrogens is 888 g/mol.